The van der Waals surface area contributed by atoms with Crippen LogP contribution < -0.4 is 16.0 Å². The molecule has 1 atom stereocenters. The lowest BCUT2D eigenvalue weighted by Crippen LogP contribution is -2.43. The summed E-state index contributed by atoms with van der Waals surface area (Å²) < 4.78 is 0. The zero-order valence-electron chi connectivity index (χ0n) is 18.6. The van der Waals surface area contributed by atoms with E-state index < -0.39 is 0 Å². The fraction of sp³-hybridized carbons (Fsp3) is 0.320. The van der Waals surface area contributed by atoms with Gasteiger partial charge in [0.1, 0.15) is 12.1 Å². The minimum atomic E-state index is -0.0998. The first kappa shape index (κ1) is 21.9. The molecule has 0 saturated carbocycles. The molecule has 1 aromatic heterocycles. The number of amides is 1. The van der Waals surface area contributed by atoms with Gasteiger partial charge in [0, 0.05) is 29.5 Å². The number of carbonyl (C=O) groups is 1. The number of nitrogens with zero attached hydrogens (tertiary/aromatic N) is 3. The molecule has 7 nitrogen and oxygen atoms in total. The van der Waals surface area contributed by atoms with Crippen molar-refractivity contribution in [3.05, 3.63) is 66.5 Å². The Balaban J connectivity index is 1.41. The van der Waals surface area contributed by atoms with Gasteiger partial charge in [-0.25, -0.2) is 9.97 Å². The minimum Gasteiger partial charge on any atom is -0.340 e. The Morgan fingerprint density at radius 2 is 1.88 bits per heavy atom. The van der Waals surface area contributed by atoms with E-state index in [1.807, 2.05) is 30.3 Å². The van der Waals surface area contributed by atoms with Gasteiger partial charge in [-0.1, -0.05) is 24.6 Å². The van der Waals surface area contributed by atoms with E-state index in [9.17, 15) is 4.79 Å². The maximum absolute atomic E-state index is 12.4. The van der Waals surface area contributed by atoms with Crippen LogP contribution >= 0.6 is 0 Å². The second-order valence-electron chi connectivity index (χ2n) is 8.42. The van der Waals surface area contributed by atoms with Gasteiger partial charge < -0.3 is 20.9 Å². The predicted octanol–water partition coefficient (Wildman–Crippen LogP) is 4.03. The summed E-state index contributed by atoms with van der Waals surface area (Å²) in [7, 11) is 4.12. The summed E-state index contributed by atoms with van der Waals surface area (Å²) in [5.41, 5.74) is 4.84. The predicted molar refractivity (Wildman–Crippen MR) is 129 cm³/mol. The smallest absolute Gasteiger partial charge is 0.241 e. The number of hydrogen-bond donors (Lipinski definition) is 3. The summed E-state index contributed by atoms with van der Waals surface area (Å²) in [6.07, 6.45) is 4.69. The van der Waals surface area contributed by atoms with E-state index in [0.29, 0.717) is 0 Å². The maximum atomic E-state index is 12.4. The van der Waals surface area contributed by atoms with Crippen LogP contribution in [-0.2, 0) is 11.3 Å². The van der Waals surface area contributed by atoms with E-state index in [4.69, 9.17) is 0 Å². The standard InChI is InChI=1S/C25H30N6O/c1-31(2)16-18-6-5-7-19(14-18)23-15-24(28-17-27-23)29-20-9-11-21(12-10-20)30-25(32)22-8-3-4-13-26-22/h5-7,9-12,14-15,17,22,26H,3-4,8,13,16H2,1-2H3,(H,30,32)(H,27,28,29)/t22-/m0/s1. The van der Waals surface area contributed by atoms with Crippen molar-refractivity contribution in [1.29, 1.82) is 0 Å². The highest BCUT2D eigenvalue weighted by molar-refractivity contribution is 5.95. The minimum absolute atomic E-state index is 0.0300. The van der Waals surface area contributed by atoms with Crippen molar-refractivity contribution in [3.8, 4) is 11.3 Å². The zero-order valence-corrected chi connectivity index (χ0v) is 18.6. The molecule has 0 unspecified atom stereocenters. The number of hydrogen-bond acceptors (Lipinski definition) is 6. The molecule has 0 aliphatic carbocycles. The van der Waals surface area contributed by atoms with Crippen molar-refractivity contribution in [1.82, 2.24) is 20.2 Å². The van der Waals surface area contributed by atoms with Crippen molar-refractivity contribution in [2.45, 2.75) is 31.8 Å². The number of benzene rings is 2. The molecule has 2 aromatic carbocycles. The van der Waals surface area contributed by atoms with Gasteiger partial charge in [-0.05, 0) is 69.4 Å². The van der Waals surface area contributed by atoms with Gasteiger partial charge in [-0.3, -0.25) is 4.79 Å². The van der Waals surface area contributed by atoms with Crippen molar-refractivity contribution in [2.24, 2.45) is 0 Å². The van der Waals surface area contributed by atoms with Crippen LogP contribution in [0.3, 0.4) is 0 Å². The first-order chi connectivity index (χ1) is 15.6. The topological polar surface area (TPSA) is 82.2 Å². The molecule has 32 heavy (non-hydrogen) atoms. The lowest BCUT2D eigenvalue weighted by atomic mass is 10.0. The van der Waals surface area contributed by atoms with Crippen LogP contribution in [0.1, 0.15) is 24.8 Å². The summed E-state index contributed by atoms with van der Waals surface area (Å²) >= 11 is 0. The van der Waals surface area contributed by atoms with Crippen LogP contribution in [-0.4, -0.2) is 47.5 Å². The molecule has 7 heteroatoms. The van der Waals surface area contributed by atoms with Gasteiger partial charge in [0.2, 0.25) is 5.91 Å². The van der Waals surface area contributed by atoms with Crippen LogP contribution in [0.2, 0.25) is 0 Å². The van der Waals surface area contributed by atoms with E-state index in [0.717, 1.165) is 60.8 Å². The fourth-order valence-electron chi connectivity index (χ4n) is 3.87. The largest absolute Gasteiger partial charge is 0.340 e. The number of piperidine rings is 1. The molecule has 4 rings (SSSR count). The van der Waals surface area contributed by atoms with E-state index in [2.05, 4.69) is 69.2 Å². The summed E-state index contributed by atoms with van der Waals surface area (Å²) in [5.74, 6) is 0.749. The molecule has 0 spiro atoms. The van der Waals surface area contributed by atoms with E-state index in [1.165, 1.54) is 5.56 Å². The van der Waals surface area contributed by atoms with Crippen LogP contribution in [0.25, 0.3) is 11.3 Å². The average molecular weight is 431 g/mol. The first-order valence-corrected chi connectivity index (χ1v) is 11.0. The Hall–Kier alpha value is -3.29. The highest BCUT2D eigenvalue weighted by atomic mass is 16.2. The van der Waals surface area contributed by atoms with Crippen molar-refractivity contribution >= 4 is 23.1 Å². The second-order valence-corrected chi connectivity index (χ2v) is 8.42. The van der Waals surface area contributed by atoms with Crippen LogP contribution in [0.15, 0.2) is 60.9 Å². The van der Waals surface area contributed by atoms with Gasteiger partial charge in [0.05, 0.1) is 11.7 Å². The molecule has 1 aliphatic heterocycles. The summed E-state index contributed by atoms with van der Waals surface area (Å²) in [4.78, 5) is 23.3. The van der Waals surface area contributed by atoms with Crippen LogP contribution in [0, 0.1) is 0 Å². The van der Waals surface area contributed by atoms with Crippen LogP contribution in [0.4, 0.5) is 17.2 Å². The third kappa shape index (κ3) is 5.90. The van der Waals surface area contributed by atoms with Gasteiger partial charge in [0.15, 0.2) is 0 Å². The molecule has 2 heterocycles. The molecule has 3 aromatic rings. The third-order valence-corrected chi connectivity index (χ3v) is 5.44. The normalized spacial score (nSPS) is 16.0. The Kier molecular flexibility index (Phi) is 7.09. The highest BCUT2D eigenvalue weighted by Gasteiger charge is 2.20. The average Bonchev–Trinajstić information content (AvgIpc) is 2.81. The zero-order chi connectivity index (χ0) is 22.3. The second kappa shape index (κ2) is 10.3. The Bertz CT molecular complexity index is 1040. The van der Waals surface area contributed by atoms with E-state index in [1.54, 1.807) is 6.33 Å². The molecule has 3 N–H and O–H groups in total. The monoisotopic (exact) mass is 430 g/mol. The Morgan fingerprint density at radius 3 is 2.62 bits per heavy atom. The van der Waals surface area contributed by atoms with E-state index in [-0.39, 0.29) is 11.9 Å². The summed E-state index contributed by atoms with van der Waals surface area (Å²) in [5, 5.41) is 9.59. The van der Waals surface area contributed by atoms with Crippen molar-refractivity contribution < 1.29 is 4.79 Å². The number of anilines is 3. The molecule has 1 fully saturated rings. The quantitative estimate of drug-likeness (QED) is 0.525. The van der Waals surface area contributed by atoms with E-state index >= 15 is 0 Å². The number of aromatic nitrogens is 2. The lowest BCUT2D eigenvalue weighted by molar-refractivity contribution is -0.118. The summed E-state index contributed by atoms with van der Waals surface area (Å²) in [6.45, 7) is 1.78. The van der Waals surface area contributed by atoms with Crippen molar-refractivity contribution in [2.75, 3.05) is 31.3 Å². The third-order valence-electron chi connectivity index (χ3n) is 5.44. The first-order valence-electron chi connectivity index (χ1n) is 11.0. The molecule has 0 bridgehead atoms. The van der Waals surface area contributed by atoms with Crippen LogP contribution in [0.5, 0.6) is 0 Å². The van der Waals surface area contributed by atoms with Gasteiger partial charge >= 0.3 is 0 Å². The van der Waals surface area contributed by atoms with Crippen molar-refractivity contribution in [3.63, 3.8) is 0 Å². The highest BCUT2D eigenvalue weighted by Crippen LogP contribution is 2.23. The van der Waals surface area contributed by atoms with Gasteiger partial charge in [-0.2, -0.15) is 0 Å². The molecule has 1 aliphatic rings. The molecule has 1 saturated heterocycles. The number of rotatable bonds is 7. The maximum Gasteiger partial charge on any atom is 0.241 e. The Labute approximate surface area is 189 Å². The van der Waals surface area contributed by atoms with Gasteiger partial charge in [0.25, 0.3) is 0 Å². The Morgan fingerprint density at radius 1 is 1.06 bits per heavy atom. The SMILES string of the molecule is CN(C)Cc1cccc(-c2cc(Nc3ccc(NC(=O)[C@@H]4CCCCN4)cc3)ncn2)c1. The summed E-state index contributed by atoms with van der Waals surface area (Å²) in [6, 6.07) is 17.9. The number of nitrogens with one attached hydrogen (secondary N) is 3. The molecule has 1 amide bonds. The molecule has 0 radical (unpaired) electrons. The lowest BCUT2D eigenvalue weighted by Gasteiger charge is -2.22. The molecule has 166 valence electrons. The molecular formula is C25H30N6O. The molecular weight excluding hydrogens is 400 g/mol. The number of carbonyl (C=O) groups excluding carboxylic acids is 1. The van der Waals surface area contributed by atoms with Gasteiger partial charge in [-0.15, -0.1) is 0 Å². The fourth-order valence-corrected chi connectivity index (χ4v) is 3.87.